The molecule has 0 bridgehead atoms. The normalized spacial score (nSPS) is 10.5. The summed E-state index contributed by atoms with van der Waals surface area (Å²) in [6.07, 6.45) is 0. The van der Waals surface area contributed by atoms with E-state index in [2.05, 4.69) is 34.4 Å². The van der Waals surface area contributed by atoms with E-state index >= 15 is 0 Å². The Hall–Kier alpha value is -0.620. The number of carbonyl (C=O) groups excluding carboxylic acids is 1. The zero-order valence-corrected chi connectivity index (χ0v) is 11.7. The molecule has 1 rings (SSSR count). The third-order valence-electron chi connectivity index (χ3n) is 2.34. The summed E-state index contributed by atoms with van der Waals surface area (Å²) in [4.78, 5) is 13.8. The number of rotatable bonds is 5. The van der Waals surface area contributed by atoms with Crippen molar-refractivity contribution in [2.24, 2.45) is 0 Å². The average Bonchev–Trinajstić information content (AvgIpc) is 2.29. The van der Waals surface area contributed by atoms with Crippen LogP contribution in [0.15, 0.2) is 24.3 Å². The first kappa shape index (κ1) is 13.4. The zero-order chi connectivity index (χ0) is 12.0. The van der Waals surface area contributed by atoms with E-state index in [0.717, 1.165) is 16.7 Å². The van der Waals surface area contributed by atoms with Crippen molar-refractivity contribution in [3.8, 4) is 0 Å². The van der Waals surface area contributed by atoms with E-state index in [1.807, 2.05) is 25.2 Å². The molecule has 0 spiro atoms. The molecule has 0 aromatic heterocycles. The van der Waals surface area contributed by atoms with E-state index < -0.39 is 0 Å². The maximum atomic E-state index is 11.7. The van der Waals surface area contributed by atoms with Gasteiger partial charge in [-0.25, -0.2) is 4.79 Å². The average molecular weight is 333 g/mol. The van der Waals surface area contributed by atoms with Crippen molar-refractivity contribution < 1.29 is 9.53 Å². The fraction of sp³-hybridized carbons (Fsp3) is 0.417. The molecule has 0 saturated carbocycles. The highest BCUT2D eigenvalue weighted by molar-refractivity contribution is 14.1. The second kappa shape index (κ2) is 6.85. The van der Waals surface area contributed by atoms with Crippen LogP contribution in [0.3, 0.4) is 0 Å². The monoisotopic (exact) mass is 333 g/mol. The van der Waals surface area contributed by atoms with E-state index in [4.69, 9.17) is 4.74 Å². The number of nitrogens with zero attached hydrogens (tertiary/aromatic N) is 1. The molecule has 0 aliphatic rings. The number of hydrogen-bond acceptors (Lipinski definition) is 3. The van der Waals surface area contributed by atoms with Crippen molar-refractivity contribution in [1.29, 1.82) is 0 Å². The summed E-state index contributed by atoms with van der Waals surface area (Å²) in [5, 5.41) is 0. The highest BCUT2D eigenvalue weighted by atomic mass is 127. The van der Waals surface area contributed by atoms with Crippen LogP contribution in [0.2, 0.25) is 0 Å². The molecule has 4 heteroatoms. The lowest BCUT2D eigenvalue weighted by molar-refractivity contribution is 0.0474. The predicted octanol–water partition coefficient (Wildman–Crippen LogP) is 2.40. The number of ether oxygens (including phenoxy) is 1. The van der Waals surface area contributed by atoms with Gasteiger partial charge < -0.3 is 9.64 Å². The van der Waals surface area contributed by atoms with Gasteiger partial charge >= 0.3 is 5.97 Å². The summed E-state index contributed by atoms with van der Waals surface area (Å²) in [6, 6.07) is 7.43. The van der Waals surface area contributed by atoms with Crippen LogP contribution in [-0.4, -0.2) is 37.6 Å². The molecule has 0 heterocycles. The van der Waals surface area contributed by atoms with Crippen LogP contribution >= 0.6 is 22.6 Å². The van der Waals surface area contributed by atoms with Crippen molar-refractivity contribution in [3.63, 3.8) is 0 Å². The van der Waals surface area contributed by atoms with Gasteiger partial charge in [0.05, 0.1) is 5.56 Å². The molecule has 1 aromatic rings. The first-order chi connectivity index (χ1) is 7.65. The second-order valence-corrected chi connectivity index (χ2v) is 4.67. The lowest BCUT2D eigenvalue weighted by Gasteiger charge is -2.13. The van der Waals surface area contributed by atoms with Gasteiger partial charge in [-0.3, -0.25) is 0 Å². The molecular formula is C12H16INO2. The van der Waals surface area contributed by atoms with E-state index in [9.17, 15) is 4.79 Å². The molecule has 88 valence electrons. The minimum Gasteiger partial charge on any atom is -0.461 e. The molecule has 0 atom stereocenters. The lowest BCUT2D eigenvalue weighted by atomic mass is 10.2. The Morgan fingerprint density at radius 1 is 1.44 bits per heavy atom. The van der Waals surface area contributed by atoms with Crippen molar-refractivity contribution in [3.05, 3.63) is 33.4 Å². The third kappa shape index (κ3) is 4.09. The summed E-state index contributed by atoms with van der Waals surface area (Å²) in [7, 11) is 2.00. The van der Waals surface area contributed by atoms with Crippen LogP contribution in [0.5, 0.6) is 0 Å². The Labute approximate surface area is 110 Å². The van der Waals surface area contributed by atoms with Crippen molar-refractivity contribution in [1.82, 2.24) is 4.90 Å². The molecule has 0 amide bonds. The second-order valence-electron chi connectivity index (χ2n) is 3.51. The number of carbonyl (C=O) groups is 1. The Morgan fingerprint density at radius 2 is 2.12 bits per heavy atom. The summed E-state index contributed by atoms with van der Waals surface area (Å²) in [5.74, 6) is -0.241. The molecule has 0 aliphatic carbocycles. The van der Waals surface area contributed by atoms with E-state index in [0.29, 0.717) is 12.2 Å². The summed E-state index contributed by atoms with van der Waals surface area (Å²) in [6.45, 7) is 4.24. The number of benzene rings is 1. The molecule has 3 nitrogen and oxygen atoms in total. The Morgan fingerprint density at radius 3 is 2.75 bits per heavy atom. The molecule has 0 radical (unpaired) electrons. The van der Waals surface area contributed by atoms with Crippen molar-refractivity contribution in [2.45, 2.75) is 6.92 Å². The van der Waals surface area contributed by atoms with Gasteiger partial charge in [0.15, 0.2) is 0 Å². The zero-order valence-electron chi connectivity index (χ0n) is 9.57. The summed E-state index contributed by atoms with van der Waals surface area (Å²) < 4.78 is 6.12. The van der Waals surface area contributed by atoms with Gasteiger partial charge in [0.2, 0.25) is 0 Å². The molecule has 1 aromatic carbocycles. The Bertz CT molecular complexity index is 355. The first-order valence-corrected chi connectivity index (χ1v) is 6.33. The molecule has 0 N–H and O–H groups in total. The third-order valence-corrected chi connectivity index (χ3v) is 3.28. The number of esters is 1. The predicted molar refractivity (Wildman–Crippen MR) is 72.6 cm³/mol. The van der Waals surface area contributed by atoms with Gasteiger partial charge in [-0.05, 0) is 48.3 Å². The molecule has 0 fully saturated rings. The van der Waals surface area contributed by atoms with Crippen LogP contribution in [0, 0.1) is 3.57 Å². The molecule has 0 aliphatic heterocycles. The van der Waals surface area contributed by atoms with Crippen molar-refractivity contribution in [2.75, 3.05) is 26.7 Å². The largest absolute Gasteiger partial charge is 0.461 e. The first-order valence-electron chi connectivity index (χ1n) is 5.25. The molecule has 0 unspecified atom stereocenters. The highest BCUT2D eigenvalue weighted by Crippen LogP contribution is 2.12. The van der Waals surface area contributed by atoms with Crippen LogP contribution in [0.25, 0.3) is 0 Å². The maximum Gasteiger partial charge on any atom is 0.339 e. The number of hydrogen-bond donors (Lipinski definition) is 0. The SMILES string of the molecule is CCN(C)CCOC(=O)c1ccccc1I. The van der Waals surface area contributed by atoms with Crippen molar-refractivity contribution >= 4 is 28.6 Å². The quantitative estimate of drug-likeness (QED) is 0.612. The van der Waals surface area contributed by atoms with Crippen LogP contribution < -0.4 is 0 Å². The van der Waals surface area contributed by atoms with Gasteiger partial charge in [0.1, 0.15) is 6.61 Å². The smallest absolute Gasteiger partial charge is 0.339 e. The fourth-order valence-electron chi connectivity index (χ4n) is 1.16. The maximum absolute atomic E-state index is 11.7. The minimum absolute atomic E-state index is 0.241. The topological polar surface area (TPSA) is 29.5 Å². The van der Waals surface area contributed by atoms with Crippen LogP contribution in [0.1, 0.15) is 17.3 Å². The van der Waals surface area contributed by atoms with Crippen LogP contribution in [-0.2, 0) is 4.74 Å². The number of halogens is 1. The highest BCUT2D eigenvalue weighted by Gasteiger charge is 2.10. The number of likely N-dealkylation sites (N-methyl/N-ethyl adjacent to an activating group) is 1. The summed E-state index contributed by atoms with van der Waals surface area (Å²) in [5.41, 5.74) is 0.641. The fourth-order valence-corrected chi connectivity index (χ4v) is 1.76. The van der Waals surface area contributed by atoms with Gasteiger partial charge in [-0.1, -0.05) is 19.1 Å². The minimum atomic E-state index is -0.241. The van der Waals surface area contributed by atoms with E-state index in [1.54, 1.807) is 6.07 Å². The molecule has 0 saturated heterocycles. The Balaban J connectivity index is 2.44. The van der Waals surface area contributed by atoms with Crippen LogP contribution in [0.4, 0.5) is 0 Å². The van der Waals surface area contributed by atoms with E-state index in [-0.39, 0.29) is 5.97 Å². The molecular weight excluding hydrogens is 317 g/mol. The Kier molecular flexibility index (Phi) is 5.76. The van der Waals surface area contributed by atoms with Gasteiger partial charge in [-0.2, -0.15) is 0 Å². The molecule has 16 heavy (non-hydrogen) atoms. The van der Waals surface area contributed by atoms with Gasteiger partial charge in [0, 0.05) is 10.1 Å². The van der Waals surface area contributed by atoms with Gasteiger partial charge in [-0.15, -0.1) is 0 Å². The lowest BCUT2D eigenvalue weighted by Crippen LogP contribution is -2.24. The summed E-state index contributed by atoms with van der Waals surface area (Å²) >= 11 is 2.14. The van der Waals surface area contributed by atoms with E-state index in [1.165, 1.54) is 0 Å². The van der Waals surface area contributed by atoms with Gasteiger partial charge in [0.25, 0.3) is 0 Å². The standard InChI is InChI=1S/C12H16INO2/c1-3-14(2)8-9-16-12(15)10-6-4-5-7-11(10)13/h4-7H,3,8-9H2,1-2H3.